The Bertz CT molecular complexity index is 2950. The van der Waals surface area contributed by atoms with Crippen LogP contribution >= 0.6 is 11.3 Å². The minimum atomic E-state index is -2.10. The summed E-state index contributed by atoms with van der Waals surface area (Å²) in [6.45, 7) is -0.529. The predicted octanol–water partition coefficient (Wildman–Crippen LogP) is 8.61. The van der Waals surface area contributed by atoms with Gasteiger partial charge in [0.25, 0.3) is 0 Å². The highest BCUT2D eigenvalue weighted by Crippen LogP contribution is 2.67. The highest BCUT2D eigenvalue weighted by molar-refractivity contribution is 7.22. The van der Waals surface area contributed by atoms with Crippen LogP contribution in [0.15, 0.2) is 139 Å². The van der Waals surface area contributed by atoms with Crippen LogP contribution in [0, 0.1) is 17.8 Å². The summed E-state index contributed by atoms with van der Waals surface area (Å²) in [5.74, 6) is 3.14. The molecule has 5 aromatic carbocycles. The number of nitrogens with zero attached hydrogens (tertiary/aromatic N) is 3. The number of amides is 3. The molecule has 3 aliphatic heterocycles. The molecular weight excluding hydrogens is 881 g/mol. The number of ether oxygens (including phenoxy) is 4. The third kappa shape index (κ3) is 7.90. The minimum Gasteiger partial charge on any atom is -0.491 e. The molecular formula is C54H48N4O9S. The summed E-state index contributed by atoms with van der Waals surface area (Å²) in [5.41, 5.74) is 2.39. The van der Waals surface area contributed by atoms with Crippen molar-refractivity contribution >= 4 is 56.2 Å². The summed E-state index contributed by atoms with van der Waals surface area (Å²) in [6.07, 6.45) is 4.09. The Morgan fingerprint density at radius 2 is 1.62 bits per heavy atom. The largest absolute Gasteiger partial charge is 0.491 e. The summed E-state index contributed by atoms with van der Waals surface area (Å²) in [6, 6.07) is 35.1. The van der Waals surface area contributed by atoms with Gasteiger partial charge in [0, 0.05) is 18.2 Å². The standard InChI is InChI=1S/C54H48N4O9S/c1-64-31-32-66-53(63)57-41-28-27-35(26-25-34-15-5-2-6-16-34)33-39(41)54(51(57)62)44(49(60)56-52-55-40-22-12-14-24-43(40)68-52)46-50(61)67-47(37-19-9-4-10-20-37)45(36-17-7-3-8-18-36)58(46)48(54)38-21-11-13-23-42(38)65-30-29-59/h3-4,7-15,17-24,27-28,33,44-48,59H,2,5-6,16,29-32H2,1H3,(H,55,56,60)/t44-,45-,46-,47+,48+,54-/m0/s1. The number of nitrogens with one attached hydrogen (secondary N) is 1. The molecule has 3 amide bonds. The number of anilines is 2. The van der Waals surface area contributed by atoms with E-state index in [2.05, 4.69) is 23.2 Å². The molecule has 2 saturated heterocycles. The number of hydrogen-bond acceptors (Lipinski definition) is 12. The molecule has 1 aromatic heterocycles. The van der Waals surface area contributed by atoms with Gasteiger partial charge in [0.15, 0.2) is 5.13 Å². The Balaban J connectivity index is 1.28. The first-order valence-electron chi connectivity index (χ1n) is 22.8. The number of aliphatic hydroxyl groups excluding tert-OH is 1. The molecule has 0 radical (unpaired) electrons. The van der Waals surface area contributed by atoms with Crippen molar-refractivity contribution in [2.45, 2.75) is 55.3 Å². The van der Waals surface area contributed by atoms with Crippen molar-refractivity contribution < 1.29 is 43.2 Å². The van der Waals surface area contributed by atoms with Crippen molar-refractivity contribution in [3.63, 3.8) is 0 Å². The number of morpholine rings is 1. The highest BCUT2D eigenvalue weighted by atomic mass is 32.1. The monoisotopic (exact) mass is 928 g/mol. The normalized spacial score (nSPS) is 23.0. The first-order valence-corrected chi connectivity index (χ1v) is 23.6. The number of carbonyl (C=O) groups excluding carboxylic acids is 4. The van der Waals surface area contributed by atoms with E-state index in [0.717, 1.165) is 46.4 Å². The van der Waals surface area contributed by atoms with Crippen LogP contribution in [-0.4, -0.2) is 78.4 Å². The molecule has 2 N–H and O–H groups in total. The molecule has 1 aliphatic carbocycles. The summed E-state index contributed by atoms with van der Waals surface area (Å²) >= 11 is 1.25. The molecule has 6 aromatic rings. The predicted molar refractivity (Wildman–Crippen MR) is 256 cm³/mol. The summed E-state index contributed by atoms with van der Waals surface area (Å²) in [4.78, 5) is 70.2. The third-order valence-electron chi connectivity index (χ3n) is 13.2. The summed E-state index contributed by atoms with van der Waals surface area (Å²) < 4.78 is 24.7. The lowest BCUT2D eigenvalue weighted by Gasteiger charge is -2.46. The molecule has 14 heteroatoms. The third-order valence-corrected chi connectivity index (χ3v) is 14.1. The van der Waals surface area contributed by atoms with Gasteiger partial charge in [-0.3, -0.25) is 19.3 Å². The number of allylic oxidation sites excluding steroid dienone is 2. The van der Waals surface area contributed by atoms with Crippen LogP contribution in [0.1, 0.15) is 71.7 Å². The van der Waals surface area contributed by atoms with Crippen molar-refractivity contribution in [2.75, 3.05) is 43.8 Å². The van der Waals surface area contributed by atoms with Crippen molar-refractivity contribution in [3.05, 3.63) is 167 Å². The SMILES string of the molecule is COCCOC(=O)N1C(=O)[C@@]2(c3cc(C#CC4=CCCCC4)ccc31)[C@H](C(=O)Nc1nc3ccccc3s1)[C@H]1C(=O)O[C@H](c3ccccc3)[C@H](c3ccccc3)N1[C@@H]2c1ccccc1OCCO. The topological polar surface area (TPSA) is 157 Å². The lowest BCUT2D eigenvalue weighted by atomic mass is 9.65. The average Bonchev–Trinajstić information content (AvgIpc) is 4.01. The Labute approximate surface area is 397 Å². The number of methoxy groups -OCH3 is 1. The molecule has 344 valence electrons. The lowest BCUT2D eigenvalue weighted by Crippen LogP contribution is -2.54. The number of para-hydroxylation sites is 2. The van der Waals surface area contributed by atoms with Gasteiger partial charge in [0.1, 0.15) is 36.5 Å². The maximum absolute atomic E-state index is 16.5. The molecule has 0 saturated carbocycles. The van der Waals surface area contributed by atoms with Crippen molar-refractivity contribution in [3.8, 4) is 17.6 Å². The van der Waals surface area contributed by atoms with E-state index in [-0.39, 0.29) is 42.8 Å². The van der Waals surface area contributed by atoms with Crippen LogP contribution in [0.4, 0.5) is 15.6 Å². The zero-order valence-corrected chi connectivity index (χ0v) is 38.0. The van der Waals surface area contributed by atoms with E-state index in [9.17, 15) is 9.90 Å². The number of fused-ring (bicyclic) bond motifs is 4. The maximum atomic E-state index is 16.5. The van der Waals surface area contributed by atoms with Gasteiger partial charge in [-0.1, -0.05) is 120 Å². The summed E-state index contributed by atoms with van der Waals surface area (Å²) in [5, 5.41) is 13.4. The van der Waals surface area contributed by atoms with Crippen LogP contribution in [0.5, 0.6) is 5.75 Å². The van der Waals surface area contributed by atoms with Crippen LogP contribution in [0.25, 0.3) is 10.2 Å². The number of rotatable bonds is 11. The molecule has 1 spiro atoms. The fourth-order valence-electron chi connectivity index (χ4n) is 10.4. The van der Waals surface area contributed by atoms with Gasteiger partial charge in [-0.05, 0) is 84.3 Å². The van der Waals surface area contributed by atoms with Crippen LogP contribution in [0.2, 0.25) is 0 Å². The minimum absolute atomic E-state index is 0.0584. The van der Waals surface area contributed by atoms with E-state index < -0.39 is 59.4 Å². The molecule has 6 atom stereocenters. The quantitative estimate of drug-likeness (QED) is 0.0729. The number of carbonyl (C=O) groups is 4. The smallest absolute Gasteiger partial charge is 0.421 e. The molecule has 13 nitrogen and oxygen atoms in total. The van der Waals surface area contributed by atoms with Crippen LogP contribution < -0.4 is 15.0 Å². The molecule has 10 rings (SSSR count). The first-order chi connectivity index (χ1) is 33.3. The fraction of sp³-hybridized carbons (Fsp3) is 0.278. The van der Waals surface area contributed by atoms with Gasteiger partial charge in [-0.25, -0.2) is 14.7 Å². The molecule has 0 unspecified atom stereocenters. The second-order valence-corrected chi connectivity index (χ2v) is 18.1. The number of cyclic esters (lactones) is 1. The van der Waals surface area contributed by atoms with E-state index in [0.29, 0.717) is 28.0 Å². The molecule has 4 heterocycles. The summed E-state index contributed by atoms with van der Waals surface area (Å²) in [7, 11) is 1.47. The number of benzene rings is 5. The second kappa shape index (κ2) is 19.2. The number of thiazole rings is 1. The van der Waals surface area contributed by atoms with Crippen LogP contribution in [0.3, 0.4) is 0 Å². The van der Waals surface area contributed by atoms with Gasteiger partial charge in [0.2, 0.25) is 11.8 Å². The van der Waals surface area contributed by atoms with Crippen molar-refractivity contribution in [2.24, 2.45) is 5.92 Å². The van der Waals surface area contributed by atoms with Gasteiger partial charge in [-0.2, -0.15) is 0 Å². The van der Waals surface area contributed by atoms with Crippen molar-refractivity contribution in [1.29, 1.82) is 0 Å². The van der Waals surface area contributed by atoms with Gasteiger partial charge >= 0.3 is 12.1 Å². The molecule has 2 fully saturated rings. The Morgan fingerprint density at radius 3 is 2.37 bits per heavy atom. The Kier molecular flexibility index (Phi) is 12.6. The number of aliphatic hydroxyl groups is 1. The van der Waals surface area contributed by atoms with E-state index in [1.54, 1.807) is 42.5 Å². The average molecular weight is 929 g/mol. The van der Waals surface area contributed by atoms with E-state index in [1.807, 2.05) is 89.8 Å². The lowest BCUT2D eigenvalue weighted by molar-refractivity contribution is -0.177. The second-order valence-electron chi connectivity index (χ2n) is 17.1. The number of aromatic nitrogens is 1. The van der Waals surface area contributed by atoms with Crippen molar-refractivity contribution in [1.82, 2.24) is 9.88 Å². The highest BCUT2D eigenvalue weighted by Gasteiger charge is 2.76. The zero-order valence-electron chi connectivity index (χ0n) is 37.2. The number of imide groups is 1. The van der Waals surface area contributed by atoms with Crippen LogP contribution in [-0.2, 0) is 34.0 Å². The van der Waals surface area contributed by atoms with Gasteiger partial charge in [-0.15, -0.1) is 0 Å². The Hall–Kier alpha value is -7.15. The van der Waals surface area contributed by atoms with E-state index >= 15 is 14.4 Å². The first kappa shape index (κ1) is 44.7. The Morgan fingerprint density at radius 1 is 0.868 bits per heavy atom. The number of esters is 1. The maximum Gasteiger partial charge on any atom is 0.421 e. The molecule has 0 bridgehead atoms. The van der Waals surface area contributed by atoms with Gasteiger partial charge < -0.3 is 29.4 Å². The molecule has 4 aliphatic rings. The van der Waals surface area contributed by atoms with E-state index in [4.69, 9.17) is 23.9 Å². The van der Waals surface area contributed by atoms with Gasteiger partial charge in [0.05, 0.1) is 47.1 Å². The fourth-order valence-corrected chi connectivity index (χ4v) is 11.3. The molecule has 68 heavy (non-hydrogen) atoms. The number of hydrogen-bond donors (Lipinski definition) is 2. The zero-order chi connectivity index (χ0) is 46.8. The van der Waals surface area contributed by atoms with E-state index in [1.165, 1.54) is 18.4 Å².